The van der Waals surface area contributed by atoms with E-state index >= 15 is 0 Å². The van der Waals surface area contributed by atoms with Crippen LogP contribution in [0.2, 0.25) is 0 Å². The van der Waals surface area contributed by atoms with E-state index in [9.17, 15) is 4.79 Å². The Morgan fingerprint density at radius 2 is 1.54 bits per heavy atom. The smallest absolute Gasteiger partial charge is 0.255 e. The zero-order chi connectivity index (χ0) is 16.8. The Morgan fingerprint density at radius 1 is 0.875 bits per heavy atom. The molecule has 4 heteroatoms. The van der Waals surface area contributed by atoms with Crippen LogP contribution in [0.25, 0.3) is 0 Å². The molecule has 0 aromatic heterocycles. The van der Waals surface area contributed by atoms with Crippen molar-refractivity contribution in [2.24, 2.45) is 0 Å². The maximum absolute atomic E-state index is 12.3. The van der Waals surface area contributed by atoms with Crippen molar-refractivity contribution in [2.45, 2.75) is 6.61 Å². The number of carbonyl (C=O) groups is 1. The molecule has 3 aromatic carbocycles. The summed E-state index contributed by atoms with van der Waals surface area (Å²) in [5, 5.41) is 2.81. The number of hydrogen-bond acceptors (Lipinski definition) is 3. The fraction of sp³-hybridized carbons (Fsp3) is 0.0500. The summed E-state index contributed by atoms with van der Waals surface area (Å²) in [6.07, 6.45) is 0. The molecule has 0 saturated carbocycles. The van der Waals surface area contributed by atoms with Crippen molar-refractivity contribution in [2.75, 3.05) is 11.1 Å². The number of carbonyl (C=O) groups excluding carboxylic acids is 1. The second-order valence-electron chi connectivity index (χ2n) is 5.34. The largest absolute Gasteiger partial charge is 0.489 e. The Balaban J connectivity index is 1.61. The molecule has 0 aliphatic rings. The van der Waals surface area contributed by atoms with Crippen LogP contribution in [0.5, 0.6) is 5.75 Å². The monoisotopic (exact) mass is 318 g/mol. The summed E-state index contributed by atoms with van der Waals surface area (Å²) in [6.45, 7) is 0.456. The molecular weight excluding hydrogens is 300 g/mol. The summed E-state index contributed by atoms with van der Waals surface area (Å²) < 4.78 is 5.69. The van der Waals surface area contributed by atoms with Gasteiger partial charge >= 0.3 is 0 Å². The van der Waals surface area contributed by atoms with Crippen LogP contribution in [-0.2, 0) is 6.61 Å². The predicted octanol–water partition coefficient (Wildman–Crippen LogP) is 4.10. The zero-order valence-corrected chi connectivity index (χ0v) is 13.1. The SMILES string of the molecule is Nc1ccccc1NC(=O)c1ccc(COc2ccccc2)cc1. The van der Waals surface area contributed by atoms with Gasteiger partial charge in [-0.3, -0.25) is 4.79 Å². The van der Waals surface area contributed by atoms with Crippen LogP contribution in [-0.4, -0.2) is 5.91 Å². The van der Waals surface area contributed by atoms with Crippen LogP contribution in [0.4, 0.5) is 11.4 Å². The van der Waals surface area contributed by atoms with Crippen LogP contribution in [0.15, 0.2) is 78.9 Å². The molecule has 0 radical (unpaired) electrons. The molecule has 0 aliphatic carbocycles. The molecule has 4 nitrogen and oxygen atoms in total. The normalized spacial score (nSPS) is 10.2. The van der Waals surface area contributed by atoms with Crippen molar-refractivity contribution < 1.29 is 9.53 Å². The molecule has 0 heterocycles. The van der Waals surface area contributed by atoms with Crippen molar-refractivity contribution >= 4 is 17.3 Å². The molecule has 0 atom stereocenters. The van der Waals surface area contributed by atoms with Gasteiger partial charge in [0.05, 0.1) is 11.4 Å². The third-order valence-corrected chi connectivity index (χ3v) is 3.57. The first kappa shape index (κ1) is 15.6. The highest BCUT2D eigenvalue weighted by molar-refractivity contribution is 6.05. The number of rotatable bonds is 5. The Morgan fingerprint density at radius 3 is 2.25 bits per heavy atom. The highest BCUT2D eigenvalue weighted by Crippen LogP contribution is 2.18. The highest BCUT2D eigenvalue weighted by Gasteiger charge is 2.07. The molecule has 0 aliphatic heterocycles. The van der Waals surface area contributed by atoms with E-state index in [1.165, 1.54) is 0 Å². The summed E-state index contributed by atoms with van der Waals surface area (Å²) in [5.74, 6) is 0.627. The van der Waals surface area contributed by atoms with Crippen LogP contribution in [0, 0.1) is 0 Å². The molecule has 3 aromatic rings. The molecule has 0 saturated heterocycles. The van der Waals surface area contributed by atoms with Crippen molar-refractivity contribution in [1.82, 2.24) is 0 Å². The molecule has 0 fully saturated rings. The third-order valence-electron chi connectivity index (χ3n) is 3.57. The predicted molar refractivity (Wildman–Crippen MR) is 96.0 cm³/mol. The lowest BCUT2D eigenvalue weighted by atomic mass is 10.1. The van der Waals surface area contributed by atoms with E-state index in [0.717, 1.165) is 11.3 Å². The summed E-state index contributed by atoms with van der Waals surface area (Å²) >= 11 is 0. The van der Waals surface area contributed by atoms with E-state index in [4.69, 9.17) is 10.5 Å². The van der Waals surface area contributed by atoms with Gasteiger partial charge in [-0.25, -0.2) is 0 Å². The minimum Gasteiger partial charge on any atom is -0.489 e. The minimum atomic E-state index is -0.191. The fourth-order valence-corrected chi connectivity index (χ4v) is 2.24. The van der Waals surface area contributed by atoms with Gasteiger partial charge in [0.2, 0.25) is 0 Å². The maximum atomic E-state index is 12.3. The summed E-state index contributed by atoms with van der Waals surface area (Å²) in [6, 6.07) is 24.1. The Labute approximate surface area is 140 Å². The minimum absolute atomic E-state index is 0.191. The van der Waals surface area contributed by atoms with Gasteiger partial charge in [0.25, 0.3) is 5.91 Å². The number of para-hydroxylation sites is 3. The standard InChI is InChI=1S/C20H18N2O2/c21-18-8-4-5-9-19(18)22-20(23)16-12-10-15(11-13-16)14-24-17-6-2-1-3-7-17/h1-13H,14,21H2,(H,22,23). The number of nitrogens with two attached hydrogens (primary N) is 1. The summed E-state index contributed by atoms with van der Waals surface area (Å²) in [5.41, 5.74) is 8.55. The van der Waals surface area contributed by atoms with E-state index in [1.54, 1.807) is 24.3 Å². The van der Waals surface area contributed by atoms with E-state index in [1.807, 2.05) is 54.6 Å². The van der Waals surface area contributed by atoms with Crippen LogP contribution in [0.3, 0.4) is 0 Å². The lowest BCUT2D eigenvalue weighted by Gasteiger charge is -2.09. The van der Waals surface area contributed by atoms with Crippen LogP contribution >= 0.6 is 0 Å². The average molecular weight is 318 g/mol. The number of amides is 1. The number of ether oxygens (including phenoxy) is 1. The van der Waals surface area contributed by atoms with Gasteiger partial charge in [0.15, 0.2) is 0 Å². The first-order valence-corrected chi connectivity index (χ1v) is 7.65. The van der Waals surface area contributed by atoms with Gasteiger partial charge in [-0.1, -0.05) is 42.5 Å². The van der Waals surface area contributed by atoms with E-state index in [0.29, 0.717) is 23.5 Å². The van der Waals surface area contributed by atoms with Gasteiger partial charge < -0.3 is 15.8 Å². The molecule has 3 N–H and O–H groups in total. The number of nitrogens with one attached hydrogen (secondary N) is 1. The molecule has 1 amide bonds. The Hall–Kier alpha value is -3.27. The number of anilines is 2. The summed E-state index contributed by atoms with van der Waals surface area (Å²) in [7, 11) is 0. The Kier molecular flexibility index (Phi) is 4.77. The third kappa shape index (κ3) is 3.93. The number of nitrogen functional groups attached to an aromatic ring is 1. The first-order chi connectivity index (χ1) is 11.7. The van der Waals surface area contributed by atoms with Gasteiger partial charge in [-0.05, 0) is 42.0 Å². The van der Waals surface area contributed by atoms with Crippen molar-refractivity contribution in [3.63, 3.8) is 0 Å². The lowest BCUT2D eigenvalue weighted by Crippen LogP contribution is -2.13. The highest BCUT2D eigenvalue weighted by atomic mass is 16.5. The van der Waals surface area contributed by atoms with Gasteiger partial charge in [-0.2, -0.15) is 0 Å². The molecule has 24 heavy (non-hydrogen) atoms. The maximum Gasteiger partial charge on any atom is 0.255 e. The van der Waals surface area contributed by atoms with Gasteiger partial charge in [0.1, 0.15) is 12.4 Å². The van der Waals surface area contributed by atoms with Gasteiger partial charge in [0, 0.05) is 5.56 Å². The van der Waals surface area contributed by atoms with Crippen molar-refractivity contribution in [3.8, 4) is 5.75 Å². The van der Waals surface area contributed by atoms with Crippen LogP contribution < -0.4 is 15.8 Å². The van der Waals surface area contributed by atoms with E-state index in [2.05, 4.69) is 5.32 Å². The first-order valence-electron chi connectivity index (χ1n) is 7.65. The Bertz CT molecular complexity index is 815. The fourth-order valence-electron chi connectivity index (χ4n) is 2.24. The molecule has 120 valence electrons. The number of hydrogen-bond donors (Lipinski definition) is 2. The van der Waals surface area contributed by atoms with E-state index in [-0.39, 0.29) is 5.91 Å². The topological polar surface area (TPSA) is 64.3 Å². The quantitative estimate of drug-likeness (QED) is 0.696. The molecule has 0 spiro atoms. The van der Waals surface area contributed by atoms with Gasteiger partial charge in [-0.15, -0.1) is 0 Å². The lowest BCUT2D eigenvalue weighted by molar-refractivity contribution is 0.102. The second kappa shape index (κ2) is 7.33. The van der Waals surface area contributed by atoms with E-state index < -0.39 is 0 Å². The second-order valence-corrected chi connectivity index (χ2v) is 5.34. The van der Waals surface area contributed by atoms with Crippen molar-refractivity contribution in [3.05, 3.63) is 90.0 Å². The average Bonchev–Trinajstić information content (AvgIpc) is 2.63. The van der Waals surface area contributed by atoms with Crippen molar-refractivity contribution in [1.29, 1.82) is 0 Å². The molecule has 0 unspecified atom stereocenters. The molecule has 3 rings (SSSR count). The molecular formula is C20H18N2O2. The summed E-state index contributed by atoms with van der Waals surface area (Å²) in [4.78, 5) is 12.3. The zero-order valence-electron chi connectivity index (χ0n) is 13.1. The van der Waals surface area contributed by atoms with Crippen LogP contribution in [0.1, 0.15) is 15.9 Å². The number of benzene rings is 3. The molecule has 0 bridgehead atoms.